The van der Waals surface area contributed by atoms with Crippen molar-refractivity contribution in [2.45, 2.75) is 25.8 Å². The molecule has 4 aromatic carbocycles. The standard InChI is InChI=1S/C34H31N3OS/c1-3-34(2,37-29-20-16-25(17-21-29)23-31-32(38)36-33(39)35-31)28-18-14-24(15-19-28)22-30(26-10-6-4-7-11-26)27-12-8-5-9-13-27/h4-23,37H,3H2,1-2H3,(H2,35,36,38,39)/b31-23-. The summed E-state index contributed by atoms with van der Waals surface area (Å²) in [7, 11) is 0. The zero-order valence-corrected chi connectivity index (χ0v) is 22.9. The fourth-order valence-corrected chi connectivity index (χ4v) is 4.88. The van der Waals surface area contributed by atoms with Gasteiger partial charge in [0.05, 0.1) is 5.54 Å². The van der Waals surface area contributed by atoms with E-state index in [0.29, 0.717) is 10.8 Å². The van der Waals surface area contributed by atoms with Crippen molar-refractivity contribution in [1.29, 1.82) is 0 Å². The van der Waals surface area contributed by atoms with Crippen LogP contribution in [0.5, 0.6) is 0 Å². The first kappa shape index (κ1) is 26.1. The molecule has 194 valence electrons. The maximum atomic E-state index is 11.9. The lowest BCUT2D eigenvalue weighted by Crippen LogP contribution is -2.31. The number of benzene rings is 4. The van der Waals surface area contributed by atoms with Crippen LogP contribution in [0.25, 0.3) is 17.7 Å². The highest BCUT2D eigenvalue weighted by atomic mass is 32.1. The molecule has 0 bridgehead atoms. The molecule has 1 saturated heterocycles. The number of hydrogen-bond donors (Lipinski definition) is 3. The summed E-state index contributed by atoms with van der Waals surface area (Å²) in [6, 6.07) is 37.9. The van der Waals surface area contributed by atoms with E-state index in [-0.39, 0.29) is 11.4 Å². The first-order valence-electron chi connectivity index (χ1n) is 13.1. The van der Waals surface area contributed by atoms with Crippen LogP contribution in [0.1, 0.15) is 48.1 Å². The molecule has 1 atom stereocenters. The molecule has 4 nitrogen and oxygen atoms in total. The summed E-state index contributed by atoms with van der Waals surface area (Å²) in [5.41, 5.74) is 8.10. The summed E-state index contributed by atoms with van der Waals surface area (Å²) in [4.78, 5) is 11.9. The van der Waals surface area contributed by atoms with Gasteiger partial charge in [0.25, 0.3) is 5.91 Å². The summed E-state index contributed by atoms with van der Waals surface area (Å²) in [6.45, 7) is 4.41. The van der Waals surface area contributed by atoms with Crippen LogP contribution in [-0.2, 0) is 10.3 Å². The lowest BCUT2D eigenvalue weighted by atomic mass is 9.88. The topological polar surface area (TPSA) is 53.2 Å². The second kappa shape index (κ2) is 11.5. The van der Waals surface area contributed by atoms with Crippen molar-refractivity contribution < 1.29 is 4.79 Å². The Hall–Kier alpha value is -4.48. The maximum absolute atomic E-state index is 11.9. The van der Waals surface area contributed by atoms with Gasteiger partial charge in [-0.1, -0.05) is 104 Å². The van der Waals surface area contributed by atoms with Gasteiger partial charge in [0.2, 0.25) is 0 Å². The average molecular weight is 530 g/mol. The van der Waals surface area contributed by atoms with Gasteiger partial charge < -0.3 is 10.6 Å². The van der Waals surface area contributed by atoms with Crippen LogP contribution in [0.2, 0.25) is 0 Å². The Labute approximate surface area is 235 Å². The second-order valence-electron chi connectivity index (χ2n) is 9.81. The van der Waals surface area contributed by atoms with Crippen molar-refractivity contribution in [2.75, 3.05) is 5.32 Å². The Balaban J connectivity index is 1.36. The largest absolute Gasteiger partial charge is 0.376 e. The first-order chi connectivity index (χ1) is 18.9. The number of nitrogens with one attached hydrogen (secondary N) is 3. The third-order valence-electron chi connectivity index (χ3n) is 7.10. The van der Waals surface area contributed by atoms with Crippen LogP contribution in [0, 0.1) is 0 Å². The van der Waals surface area contributed by atoms with Gasteiger partial charge in [0.1, 0.15) is 5.70 Å². The van der Waals surface area contributed by atoms with Crippen molar-refractivity contribution in [3.05, 3.63) is 143 Å². The molecule has 3 N–H and O–H groups in total. The number of thiocarbonyl (C=S) groups is 1. The zero-order chi connectivity index (χ0) is 27.2. The van der Waals surface area contributed by atoms with E-state index in [1.165, 1.54) is 22.3 Å². The normalized spacial score (nSPS) is 15.3. The van der Waals surface area contributed by atoms with E-state index in [0.717, 1.165) is 23.2 Å². The number of hydrogen-bond acceptors (Lipinski definition) is 3. The van der Waals surface area contributed by atoms with Crippen LogP contribution in [0.15, 0.2) is 115 Å². The maximum Gasteiger partial charge on any atom is 0.273 e. The molecule has 1 aliphatic heterocycles. The smallest absolute Gasteiger partial charge is 0.273 e. The van der Waals surface area contributed by atoms with Gasteiger partial charge in [-0.3, -0.25) is 10.1 Å². The van der Waals surface area contributed by atoms with Crippen LogP contribution in [0.4, 0.5) is 5.69 Å². The van der Waals surface area contributed by atoms with Gasteiger partial charge in [-0.05, 0) is 83.2 Å². The van der Waals surface area contributed by atoms with E-state index < -0.39 is 0 Å². The average Bonchev–Trinajstić information content (AvgIpc) is 3.29. The van der Waals surface area contributed by atoms with Crippen LogP contribution >= 0.6 is 12.2 Å². The zero-order valence-electron chi connectivity index (χ0n) is 22.1. The molecule has 1 heterocycles. The lowest BCUT2D eigenvalue weighted by molar-refractivity contribution is -0.115. The number of rotatable bonds is 8. The van der Waals surface area contributed by atoms with E-state index in [9.17, 15) is 4.79 Å². The van der Waals surface area contributed by atoms with E-state index in [1.54, 1.807) is 6.08 Å². The molecule has 5 rings (SSSR count). The van der Waals surface area contributed by atoms with Crippen LogP contribution < -0.4 is 16.0 Å². The molecular formula is C34H31N3OS. The highest BCUT2D eigenvalue weighted by Crippen LogP contribution is 2.31. The van der Waals surface area contributed by atoms with Gasteiger partial charge in [0.15, 0.2) is 5.11 Å². The number of amides is 1. The van der Waals surface area contributed by atoms with Gasteiger partial charge in [-0.15, -0.1) is 0 Å². The van der Waals surface area contributed by atoms with Crippen LogP contribution in [0.3, 0.4) is 0 Å². The minimum Gasteiger partial charge on any atom is -0.376 e. The molecule has 1 unspecified atom stereocenters. The first-order valence-corrected chi connectivity index (χ1v) is 13.5. The van der Waals surface area contributed by atoms with E-state index in [2.05, 4.69) is 109 Å². The molecule has 1 amide bonds. The molecule has 0 aliphatic carbocycles. The molecule has 4 aromatic rings. The minimum absolute atomic E-state index is 0.210. The van der Waals surface area contributed by atoms with Gasteiger partial charge >= 0.3 is 0 Å². The van der Waals surface area contributed by atoms with Gasteiger partial charge in [0, 0.05) is 5.69 Å². The van der Waals surface area contributed by atoms with Crippen molar-refractivity contribution in [1.82, 2.24) is 10.6 Å². The van der Waals surface area contributed by atoms with E-state index in [1.807, 2.05) is 36.4 Å². The Bertz CT molecular complexity index is 1480. The Morgan fingerprint density at radius 2 is 1.36 bits per heavy atom. The fraction of sp³-hybridized carbons (Fsp3) is 0.118. The summed E-state index contributed by atoms with van der Waals surface area (Å²) >= 11 is 5.01. The highest BCUT2D eigenvalue weighted by molar-refractivity contribution is 7.80. The molecule has 5 heteroatoms. The van der Waals surface area contributed by atoms with Crippen molar-refractivity contribution in [2.24, 2.45) is 0 Å². The molecule has 1 fully saturated rings. The SMILES string of the molecule is CCC(C)(Nc1ccc(/C=C2\NC(=S)NC2=O)cc1)c1ccc(C=C(c2ccccc2)c2ccccc2)cc1. The highest BCUT2D eigenvalue weighted by Gasteiger charge is 2.24. The predicted octanol–water partition coefficient (Wildman–Crippen LogP) is 7.36. The van der Waals surface area contributed by atoms with Crippen LogP contribution in [-0.4, -0.2) is 11.0 Å². The summed E-state index contributed by atoms with van der Waals surface area (Å²) in [5, 5.41) is 9.52. The summed E-state index contributed by atoms with van der Waals surface area (Å²) < 4.78 is 0. The molecule has 1 aliphatic rings. The quantitative estimate of drug-likeness (QED) is 0.127. The van der Waals surface area contributed by atoms with E-state index >= 15 is 0 Å². The van der Waals surface area contributed by atoms with E-state index in [4.69, 9.17) is 12.2 Å². The predicted molar refractivity (Wildman–Crippen MR) is 166 cm³/mol. The van der Waals surface area contributed by atoms with Gasteiger partial charge in [-0.25, -0.2) is 0 Å². The monoisotopic (exact) mass is 529 g/mol. The Morgan fingerprint density at radius 1 is 0.795 bits per heavy atom. The second-order valence-corrected chi connectivity index (χ2v) is 10.2. The molecular weight excluding hydrogens is 498 g/mol. The Morgan fingerprint density at radius 3 is 1.87 bits per heavy atom. The number of anilines is 1. The third-order valence-corrected chi connectivity index (χ3v) is 7.30. The number of carbonyl (C=O) groups is 1. The molecule has 39 heavy (non-hydrogen) atoms. The minimum atomic E-state index is -0.247. The number of carbonyl (C=O) groups excluding carboxylic acids is 1. The molecule has 0 aromatic heterocycles. The van der Waals surface area contributed by atoms with Crippen molar-refractivity contribution in [3.63, 3.8) is 0 Å². The molecule has 0 radical (unpaired) electrons. The van der Waals surface area contributed by atoms with Gasteiger partial charge in [-0.2, -0.15) is 0 Å². The molecule has 0 spiro atoms. The Kier molecular flexibility index (Phi) is 7.71. The van der Waals surface area contributed by atoms with Crippen molar-refractivity contribution in [3.8, 4) is 0 Å². The summed E-state index contributed by atoms with van der Waals surface area (Å²) in [5.74, 6) is -0.210. The third kappa shape index (κ3) is 6.16. The lowest BCUT2D eigenvalue weighted by Gasteiger charge is -2.32. The summed E-state index contributed by atoms with van der Waals surface area (Å²) in [6.07, 6.45) is 4.96. The fourth-order valence-electron chi connectivity index (χ4n) is 4.68. The van der Waals surface area contributed by atoms with Crippen molar-refractivity contribution >= 4 is 46.7 Å². The molecule has 0 saturated carbocycles.